The van der Waals surface area contributed by atoms with Crippen LogP contribution in [0, 0.1) is 0 Å². The lowest BCUT2D eigenvalue weighted by molar-refractivity contribution is -0.138. The van der Waals surface area contributed by atoms with Gasteiger partial charge in [-0.2, -0.15) is 0 Å². The molecular formula is C13H25N3O4. The molecule has 1 aliphatic heterocycles. The van der Waals surface area contributed by atoms with E-state index in [2.05, 4.69) is 5.32 Å². The molecule has 1 heterocycles. The van der Waals surface area contributed by atoms with Gasteiger partial charge in [-0.25, -0.2) is 4.79 Å². The van der Waals surface area contributed by atoms with Gasteiger partial charge in [0.15, 0.2) is 0 Å². The van der Waals surface area contributed by atoms with Crippen LogP contribution >= 0.6 is 0 Å². The van der Waals surface area contributed by atoms with E-state index in [4.69, 9.17) is 9.84 Å². The van der Waals surface area contributed by atoms with Gasteiger partial charge in [0.1, 0.15) is 0 Å². The number of amides is 2. The van der Waals surface area contributed by atoms with E-state index in [0.717, 1.165) is 19.4 Å². The average Bonchev–Trinajstić information content (AvgIpc) is 2.63. The summed E-state index contributed by atoms with van der Waals surface area (Å²) in [7, 11) is 0. The Morgan fingerprint density at radius 2 is 2.05 bits per heavy atom. The molecule has 0 aromatic rings. The summed E-state index contributed by atoms with van der Waals surface area (Å²) in [5.41, 5.74) is 0. The number of carbonyl (C=O) groups is 2. The molecule has 0 aliphatic carbocycles. The van der Waals surface area contributed by atoms with Gasteiger partial charge in [0, 0.05) is 45.9 Å². The fraction of sp³-hybridized carbons (Fsp3) is 0.846. The van der Waals surface area contributed by atoms with Gasteiger partial charge in [0.2, 0.25) is 0 Å². The molecule has 20 heavy (non-hydrogen) atoms. The minimum atomic E-state index is -0.821. The van der Waals surface area contributed by atoms with Crippen molar-refractivity contribution >= 4 is 12.0 Å². The molecule has 0 saturated carbocycles. The number of carboxylic acids is 1. The summed E-state index contributed by atoms with van der Waals surface area (Å²) in [5, 5.41) is 11.6. The third kappa shape index (κ3) is 6.72. The Morgan fingerprint density at radius 1 is 1.25 bits per heavy atom. The topological polar surface area (TPSA) is 82.1 Å². The summed E-state index contributed by atoms with van der Waals surface area (Å²) >= 11 is 0. The van der Waals surface area contributed by atoms with E-state index in [0.29, 0.717) is 39.4 Å². The standard InChI is InChI=1S/C13H25N3O4/c1-2-20-10-3-5-14-13(19)16-7-4-6-15(8-9-16)11-12(17)18/h2-11H2,1H3,(H,14,19)(H,17,18). The number of urea groups is 1. The van der Waals surface area contributed by atoms with E-state index in [9.17, 15) is 9.59 Å². The minimum Gasteiger partial charge on any atom is -0.480 e. The molecule has 0 spiro atoms. The molecule has 0 aromatic carbocycles. The Bertz CT molecular complexity index is 312. The Morgan fingerprint density at radius 3 is 2.75 bits per heavy atom. The number of hydrogen-bond acceptors (Lipinski definition) is 4. The zero-order valence-electron chi connectivity index (χ0n) is 12.1. The summed E-state index contributed by atoms with van der Waals surface area (Å²) in [4.78, 5) is 26.2. The van der Waals surface area contributed by atoms with Gasteiger partial charge in [-0.05, 0) is 19.8 Å². The number of carboxylic acid groups (broad SMARTS) is 1. The van der Waals surface area contributed by atoms with Crippen LogP contribution in [0.3, 0.4) is 0 Å². The largest absolute Gasteiger partial charge is 0.480 e. The van der Waals surface area contributed by atoms with Gasteiger partial charge in [-0.3, -0.25) is 9.69 Å². The smallest absolute Gasteiger partial charge is 0.317 e. The number of rotatable bonds is 7. The summed E-state index contributed by atoms with van der Waals surface area (Å²) in [6, 6.07) is -0.0707. The highest BCUT2D eigenvalue weighted by Gasteiger charge is 2.19. The molecule has 2 amide bonds. The maximum absolute atomic E-state index is 12.0. The number of aliphatic carboxylic acids is 1. The van der Waals surface area contributed by atoms with E-state index in [1.165, 1.54) is 0 Å². The first-order valence-corrected chi connectivity index (χ1v) is 7.18. The predicted molar refractivity (Wildman–Crippen MR) is 74.8 cm³/mol. The van der Waals surface area contributed by atoms with Crippen molar-refractivity contribution in [2.45, 2.75) is 19.8 Å². The molecule has 7 nitrogen and oxygen atoms in total. The van der Waals surface area contributed by atoms with Crippen LogP contribution < -0.4 is 5.32 Å². The molecule has 0 radical (unpaired) electrons. The molecule has 1 saturated heterocycles. The molecule has 0 bridgehead atoms. The van der Waals surface area contributed by atoms with E-state index in [-0.39, 0.29) is 12.6 Å². The van der Waals surface area contributed by atoms with Gasteiger partial charge in [0.25, 0.3) is 0 Å². The minimum absolute atomic E-state index is 0.0455. The molecule has 0 aromatic heterocycles. The molecule has 116 valence electrons. The third-order valence-corrected chi connectivity index (χ3v) is 3.18. The molecule has 0 atom stereocenters. The Labute approximate surface area is 119 Å². The third-order valence-electron chi connectivity index (χ3n) is 3.18. The van der Waals surface area contributed by atoms with Crippen LogP contribution in [0.25, 0.3) is 0 Å². The number of ether oxygens (including phenoxy) is 1. The van der Waals surface area contributed by atoms with Crippen molar-refractivity contribution in [2.24, 2.45) is 0 Å². The van der Waals surface area contributed by atoms with Crippen LogP contribution in [-0.4, -0.2) is 79.4 Å². The maximum atomic E-state index is 12.0. The normalized spacial score (nSPS) is 16.8. The zero-order valence-corrected chi connectivity index (χ0v) is 12.1. The van der Waals surface area contributed by atoms with E-state index >= 15 is 0 Å². The van der Waals surface area contributed by atoms with E-state index in [1.807, 2.05) is 11.8 Å². The van der Waals surface area contributed by atoms with Gasteiger partial charge in [-0.15, -0.1) is 0 Å². The number of nitrogens with one attached hydrogen (secondary N) is 1. The zero-order chi connectivity index (χ0) is 14.8. The predicted octanol–water partition coefficient (Wildman–Crippen LogP) is 0.215. The fourth-order valence-corrected chi connectivity index (χ4v) is 2.15. The second-order valence-electron chi connectivity index (χ2n) is 4.79. The van der Waals surface area contributed by atoms with Crippen molar-refractivity contribution in [1.82, 2.24) is 15.1 Å². The molecule has 1 aliphatic rings. The first-order chi connectivity index (χ1) is 9.63. The van der Waals surface area contributed by atoms with Crippen molar-refractivity contribution in [3.05, 3.63) is 0 Å². The van der Waals surface area contributed by atoms with Crippen LogP contribution in [-0.2, 0) is 9.53 Å². The Balaban J connectivity index is 2.22. The molecule has 7 heteroatoms. The molecule has 0 unspecified atom stereocenters. The lowest BCUT2D eigenvalue weighted by Crippen LogP contribution is -2.42. The van der Waals surface area contributed by atoms with Gasteiger partial charge >= 0.3 is 12.0 Å². The summed E-state index contributed by atoms with van der Waals surface area (Å²) in [6.07, 6.45) is 1.61. The number of nitrogens with zero attached hydrogens (tertiary/aromatic N) is 2. The van der Waals surface area contributed by atoms with Gasteiger partial charge < -0.3 is 20.1 Å². The van der Waals surface area contributed by atoms with Crippen molar-refractivity contribution in [3.63, 3.8) is 0 Å². The second-order valence-corrected chi connectivity index (χ2v) is 4.79. The fourth-order valence-electron chi connectivity index (χ4n) is 2.15. The summed E-state index contributed by atoms with van der Waals surface area (Å²) in [6.45, 7) is 6.52. The van der Waals surface area contributed by atoms with Gasteiger partial charge in [0.05, 0.1) is 6.54 Å². The van der Waals surface area contributed by atoms with Gasteiger partial charge in [-0.1, -0.05) is 0 Å². The quantitative estimate of drug-likeness (QED) is 0.654. The summed E-state index contributed by atoms with van der Waals surface area (Å²) in [5.74, 6) is -0.821. The Kier molecular flexibility index (Phi) is 7.98. The first kappa shape index (κ1) is 16.7. The van der Waals surface area contributed by atoms with Crippen molar-refractivity contribution < 1.29 is 19.4 Å². The molecular weight excluding hydrogens is 262 g/mol. The van der Waals surface area contributed by atoms with Crippen molar-refractivity contribution in [3.8, 4) is 0 Å². The number of carbonyl (C=O) groups excluding carboxylic acids is 1. The monoisotopic (exact) mass is 287 g/mol. The van der Waals surface area contributed by atoms with Crippen LogP contribution in [0.2, 0.25) is 0 Å². The molecule has 1 rings (SSSR count). The van der Waals surface area contributed by atoms with Crippen LogP contribution in [0.5, 0.6) is 0 Å². The second kappa shape index (κ2) is 9.55. The number of hydrogen-bond donors (Lipinski definition) is 2. The van der Waals surface area contributed by atoms with Crippen LogP contribution in [0.1, 0.15) is 19.8 Å². The van der Waals surface area contributed by atoms with E-state index in [1.54, 1.807) is 4.90 Å². The van der Waals surface area contributed by atoms with Crippen molar-refractivity contribution in [2.75, 3.05) is 52.5 Å². The maximum Gasteiger partial charge on any atom is 0.317 e. The molecule has 1 fully saturated rings. The van der Waals surface area contributed by atoms with Crippen molar-refractivity contribution in [1.29, 1.82) is 0 Å². The van der Waals surface area contributed by atoms with Crippen LogP contribution in [0.4, 0.5) is 4.79 Å². The first-order valence-electron chi connectivity index (χ1n) is 7.18. The van der Waals surface area contributed by atoms with Crippen LogP contribution in [0.15, 0.2) is 0 Å². The highest BCUT2D eigenvalue weighted by atomic mass is 16.5. The lowest BCUT2D eigenvalue weighted by atomic mass is 10.4. The lowest BCUT2D eigenvalue weighted by Gasteiger charge is -2.21. The Hall–Kier alpha value is -1.34. The highest BCUT2D eigenvalue weighted by molar-refractivity contribution is 5.74. The average molecular weight is 287 g/mol. The highest BCUT2D eigenvalue weighted by Crippen LogP contribution is 2.03. The summed E-state index contributed by atoms with van der Waals surface area (Å²) < 4.78 is 5.20. The van der Waals surface area contributed by atoms with E-state index < -0.39 is 5.97 Å². The molecule has 2 N–H and O–H groups in total. The SMILES string of the molecule is CCOCCCNC(=O)N1CCCN(CC(=O)O)CC1.